The van der Waals surface area contributed by atoms with Gasteiger partial charge in [-0.1, -0.05) is 24.0 Å². The molecule has 34 heavy (non-hydrogen) atoms. The molecule has 1 fully saturated rings. The minimum absolute atomic E-state index is 0.139. The van der Waals surface area contributed by atoms with E-state index in [0.717, 1.165) is 6.54 Å². The number of benzene rings is 1. The summed E-state index contributed by atoms with van der Waals surface area (Å²) in [7, 11) is 6.76. The third-order valence-corrected chi connectivity index (χ3v) is 6.09. The van der Waals surface area contributed by atoms with Gasteiger partial charge in [-0.15, -0.1) is 0 Å². The number of Topliss-reactive ketones (excluding diaryl/α,β-unsaturated/α-hetero) is 1. The van der Waals surface area contributed by atoms with Gasteiger partial charge in [0.15, 0.2) is 0 Å². The fourth-order valence-electron chi connectivity index (χ4n) is 4.45. The fourth-order valence-corrected chi connectivity index (χ4v) is 4.45. The van der Waals surface area contributed by atoms with Gasteiger partial charge in [0.25, 0.3) is 5.91 Å². The molecule has 9 heteroatoms. The molecule has 1 aromatic heterocycles. The number of likely N-dealkylation sites (tertiary alicyclic amines) is 1. The lowest BCUT2D eigenvalue weighted by Gasteiger charge is -2.28. The molecule has 1 amide bonds. The Kier molecular flexibility index (Phi) is 7.46. The predicted molar refractivity (Wildman–Crippen MR) is 123 cm³/mol. The van der Waals surface area contributed by atoms with Gasteiger partial charge >= 0.3 is 5.97 Å². The number of carbonyl (C=O) groups is 3. The first-order valence-corrected chi connectivity index (χ1v) is 11.1. The van der Waals surface area contributed by atoms with Crippen molar-refractivity contribution in [2.24, 2.45) is 0 Å². The van der Waals surface area contributed by atoms with Crippen molar-refractivity contribution in [3.05, 3.63) is 57.9 Å². The molecule has 2 heterocycles. The number of amides is 1. The monoisotopic (exact) mass is 469 g/mol. The Morgan fingerprint density at radius 2 is 1.85 bits per heavy atom. The van der Waals surface area contributed by atoms with Crippen molar-refractivity contribution in [3.8, 4) is 5.75 Å². The predicted octanol–water partition coefficient (Wildman–Crippen LogP) is 0.185. The molecule has 0 saturated carbocycles. The zero-order valence-electron chi connectivity index (χ0n) is 20.4. The number of aromatic amines is 1. The summed E-state index contributed by atoms with van der Waals surface area (Å²) in [5.74, 6) is -2.28. The van der Waals surface area contributed by atoms with Crippen LogP contribution in [0.2, 0.25) is 0 Å². The molecule has 1 saturated heterocycles. The quantitative estimate of drug-likeness (QED) is 0.247. The van der Waals surface area contributed by atoms with E-state index in [1.165, 1.54) is 24.0 Å². The third-order valence-electron chi connectivity index (χ3n) is 6.09. The van der Waals surface area contributed by atoms with E-state index in [-0.39, 0.29) is 16.8 Å². The lowest BCUT2D eigenvalue weighted by Crippen LogP contribution is -3.05. The van der Waals surface area contributed by atoms with Crippen molar-refractivity contribution in [1.82, 2.24) is 9.88 Å². The first-order valence-electron chi connectivity index (χ1n) is 11.1. The highest BCUT2D eigenvalue weighted by atomic mass is 16.5. The average molecular weight is 470 g/mol. The number of methoxy groups -OCH3 is 2. The van der Waals surface area contributed by atoms with Crippen LogP contribution in [0.3, 0.4) is 0 Å². The van der Waals surface area contributed by atoms with Gasteiger partial charge in [-0.2, -0.15) is 0 Å². The number of esters is 1. The molecule has 0 radical (unpaired) electrons. The number of hydrogen-bond donors (Lipinski definition) is 2. The first-order chi connectivity index (χ1) is 16.1. The normalized spacial score (nSPS) is 17.5. The standard InChI is InChI=1S/C25H31N3O6/c1-14-18(15(2)26-20(14)25(32)34-6)22(29)19-21(16-10-7-8-11-17(16)33-5)28(24(31)23(19)30)13-9-12-27(3)4/h7-8,10-11,21,26,29H,9,12-13H2,1-6H3/b22-19+. The van der Waals surface area contributed by atoms with Crippen LogP contribution in [0.25, 0.3) is 5.76 Å². The molecule has 0 bridgehead atoms. The molecule has 1 aromatic carbocycles. The molecule has 2 aromatic rings. The summed E-state index contributed by atoms with van der Waals surface area (Å²) >= 11 is 0. The second-order valence-corrected chi connectivity index (χ2v) is 8.64. The summed E-state index contributed by atoms with van der Waals surface area (Å²) in [5, 5.41) is 13.8. The second kappa shape index (κ2) is 10.1. The summed E-state index contributed by atoms with van der Waals surface area (Å²) in [6, 6.07) is 6.15. The largest absolute Gasteiger partial charge is 0.872 e. The molecule has 1 aliphatic rings. The number of ketones is 1. The minimum Gasteiger partial charge on any atom is -0.872 e. The Bertz CT molecular complexity index is 1150. The summed E-state index contributed by atoms with van der Waals surface area (Å²) in [4.78, 5) is 44.0. The van der Waals surface area contributed by atoms with Gasteiger partial charge in [0, 0.05) is 29.8 Å². The van der Waals surface area contributed by atoms with Gasteiger partial charge in [0.1, 0.15) is 11.4 Å². The summed E-state index contributed by atoms with van der Waals surface area (Å²) in [5.41, 5.74) is 1.54. The van der Waals surface area contributed by atoms with Crippen LogP contribution in [0, 0.1) is 13.8 Å². The highest BCUT2D eigenvalue weighted by Crippen LogP contribution is 2.42. The van der Waals surface area contributed by atoms with Crippen LogP contribution in [0.5, 0.6) is 5.75 Å². The molecule has 1 atom stereocenters. The molecule has 0 spiro atoms. The third kappa shape index (κ3) is 4.43. The van der Waals surface area contributed by atoms with Crippen molar-refractivity contribution in [2.45, 2.75) is 26.3 Å². The molecule has 9 nitrogen and oxygen atoms in total. The zero-order chi connectivity index (χ0) is 25.2. The van der Waals surface area contributed by atoms with Gasteiger partial charge in [0.05, 0.1) is 40.9 Å². The Morgan fingerprint density at radius 3 is 2.47 bits per heavy atom. The number of nitrogens with zero attached hydrogens (tertiary/aromatic N) is 1. The van der Waals surface area contributed by atoms with Gasteiger partial charge in [0.2, 0.25) is 5.78 Å². The highest BCUT2D eigenvalue weighted by Gasteiger charge is 2.45. The number of hydrogen-bond acceptors (Lipinski definition) is 6. The summed E-state index contributed by atoms with van der Waals surface area (Å²) < 4.78 is 10.3. The smallest absolute Gasteiger partial charge is 0.354 e. The molecular formula is C25H31N3O6. The second-order valence-electron chi connectivity index (χ2n) is 8.64. The Labute approximate surface area is 199 Å². The maximum atomic E-state index is 13.8. The van der Waals surface area contributed by atoms with Crippen LogP contribution >= 0.6 is 0 Å². The van der Waals surface area contributed by atoms with Gasteiger partial charge in [-0.3, -0.25) is 9.59 Å². The molecular weight excluding hydrogens is 438 g/mol. The number of aromatic nitrogens is 1. The van der Waals surface area contributed by atoms with Crippen LogP contribution in [0.4, 0.5) is 0 Å². The topological polar surface area (TPSA) is 116 Å². The minimum atomic E-state index is -0.893. The average Bonchev–Trinajstić information content (AvgIpc) is 3.25. The lowest BCUT2D eigenvalue weighted by atomic mass is 9.93. The van der Waals surface area contributed by atoms with Crippen LogP contribution < -0.4 is 14.7 Å². The molecule has 0 aliphatic carbocycles. The van der Waals surface area contributed by atoms with E-state index < -0.39 is 29.5 Å². The van der Waals surface area contributed by atoms with E-state index in [0.29, 0.717) is 35.5 Å². The van der Waals surface area contributed by atoms with Crippen molar-refractivity contribution in [1.29, 1.82) is 0 Å². The Hall–Kier alpha value is -3.59. The van der Waals surface area contributed by atoms with Crippen molar-refractivity contribution in [2.75, 3.05) is 41.4 Å². The number of rotatable bonds is 8. The highest BCUT2D eigenvalue weighted by molar-refractivity contribution is 6.46. The maximum absolute atomic E-state index is 13.8. The zero-order valence-corrected chi connectivity index (χ0v) is 20.4. The fraction of sp³-hybridized carbons (Fsp3) is 0.400. The van der Waals surface area contributed by atoms with E-state index in [1.807, 2.05) is 14.1 Å². The van der Waals surface area contributed by atoms with Gasteiger partial charge in [-0.05, 0) is 31.0 Å². The molecule has 1 unspecified atom stereocenters. The Morgan fingerprint density at radius 1 is 1.18 bits per heavy atom. The number of carbonyl (C=O) groups excluding carboxylic acids is 3. The van der Waals surface area contributed by atoms with Crippen molar-refractivity contribution >= 4 is 23.4 Å². The van der Waals surface area contributed by atoms with Crippen LogP contribution in [-0.2, 0) is 14.3 Å². The van der Waals surface area contributed by atoms with Gasteiger partial charge in [-0.25, -0.2) is 4.79 Å². The van der Waals surface area contributed by atoms with Crippen molar-refractivity contribution < 1.29 is 33.9 Å². The molecule has 1 aliphatic heterocycles. The summed E-state index contributed by atoms with van der Waals surface area (Å²) in [6.07, 6.45) is 0.656. The van der Waals surface area contributed by atoms with Crippen LogP contribution in [-0.4, -0.2) is 68.9 Å². The number of aryl methyl sites for hydroxylation is 1. The maximum Gasteiger partial charge on any atom is 0.354 e. The van der Waals surface area contributed by atoms with E-state index >= 15 is 0 Å². The Balaban J connectivity index is 2.22. The van der Waals surface area contributed by atoms with E-state index in [9.17, 15) is 19.5 Å². The van der Waals surface area contributed by atoms with Crippen LogP contribution in [0.1, 0.15) is 45.3 Å². The number of para-hydroxylation sites is 1. The SMILES string of the molecule is COC(=O)c1[nH]c(C)c(/C([O-])=C2\C(=O)C(=O)N(CCC[NH+](C)C)C2c2ccccc2OC)c1C. The number of H-pyrrole nitrogens is 1. The molecule has 182 valence electrons. The van der Waals surface area contributed by atoms with E-state index in [2.05, 4.69) is 4.98 Å². The molecule has 2 N–H and O–H groups in total. The molecule has 3 rings (SSSR count). The lowest BCUT2D eigenvalue weighted by molar-refractivity contribution is -0.858. The first kappa shape index (κ1) is 25.0. The van der Waals surface area contributed by atoms with Gasteiger partial charge < -0.3 is 29.4 Å². The van der Waals surface area contributed by atoms with Crippen molar-refractivity contribution in [3.63, 3.8) is 0 Å². The van der Waals surface area contributed by atoms with Crippen LogP contribution in [0.15, 0.2) is 29.8 Å². The summed E-state index contributed by atoms with van der Waals surface area (Å²) in [6.45, 7) is 4.36. The number of ether oxygens (including phenoxy) is 2. The van der Waals surface area contributed by atoms with E-state index in [4.69, 9.17) is 9.47 Å². The number of quaternary nitrogens is 1. The number of nitrogens with one attached hydrogen (secondary N) is 2. The van der Waals surface area contributed by atoms with E-state index in [1.54, 1.807) is 38.1 Å².